The monoisotopic (exact) mass is 266 g/mol. The van der Waals surface area contributed by atoms with E-state index >= 15 is 0 Å². The van der Waals surface area contributed by atoms with Crippen molar-refractivity contribution >= 4 is 17.2 Å². The van der Waals surface area contributed by atoms with Crippen LogP contribution in [0.25, 0.3) is 5.65 Å². The summed E-state index contributed by atoms with van der Waals surface area (Å²) >= 11 is 0. The summed E-state index contributed by atoms with van der Waals surface area (Å²) < 4.78 is 1.58. The zero-order valence-corrected chi connectivity index (χ0v) is 11.3. The van der Waals surface area contributed by atoms with Gasteiger partial charge in [0.1, 0.15) is 5.56 Å². The van der Waals surface area contributed by atoms with E-state index in [2.05, 4.69) is 15.4 Å². The molecular weight excluding hydrogens is 252 g/mol. The van der Waals surface area contributed by atoms with Crippen LogP contribution >= 0.6 is 0 Å². The molecule has 0 unspecified atom stereocenters. The summed E-state index contributed by atoms with van der Waals surface area (Å²) in [4.78, 5) is 16.5. The Morgan fingerprint density at radius 3 is 3.00 bits per heavy atom. The van der Waals surface area contributed by atoms with Crippen LogP contribution in [-0.4, -0.2) is 20.5 Å². The van der Waals surface area contributed by atoms with Crippen molar-refractivity contribution in [2.45, 2.75) is 13.8 Å². The summed E-state index contributed by atoms with van der Waals surface area (Å²) in [6.07, 6.45) is 4.94. The molecule has 0 aliphatic carbocycles. The van der Waals surface area contributed by atoms with Gasteiger partial charge in [0.25, 0.3) is 5.91 Å². The second kappa shape index (κ2) is 4.77. The van der Waals surface area contributed by atoms with Crippen LogP contribution in [0.4, 0.5) is 5.69 Å². The fourth-order valence-corrected chi connectivity index (χ4v) is 2.05. The van der Waals surface area contributed by atoms with E-state index in [9.17, 15) is 4.79 Å². The zero-order chi connectivity index (χ0) is 14.1. The first-order valence-electron chi connectivity index (χ1n) is 6.32. The maximum absolute atomic E-state index is 12.3. The fourth-order valence-electron chi connectivity index (χ4n) is 2.05. The molecule has 3 rings (SSSR count). The van der Waals surface area contributed by atoms with E-state index in [1.54, 1.807) is 23.0 Å². The molecule has 1 aromatic carbocycles. The molecule has 0 aliphatic rings. The zero-order valence-electron chi connectivity index (χ0n) is 11.3. The van der Waals surface area contributed by atoms with Gasteiger partial charge in [0.05, 0.1) is 6.20 Å². The van der Waals surface area contributed by atoms with Gasteiger partial charge in [-0.2, -0.15) is 5.10 Å². The molecule has 0 saturated heterocycles. The molecule has 2 aromatic heterocycles. The first kappa shape index (κ1) is 12.3. The minimum atomic E-state index is -0.201. The van der Waals surface area contributed by atoms with Gasteiger partial charge >= 0.3 is 0 Å². The molecule has 3 aromatic rings. The number of fused-ring (bicyclic) bond motifs is 1. The maximum Gasteiger partial charge on any atom is 0.261 e. The number of benzene rings is 1. The van der Waals surface area contributed by atoms with E-state index in [4.69, 9.17) is 0 Å². The summed E-state index contributed by atoms with van der Waals surface area (Å²) in [6.45, 7) is 3.95. The van der Waals surface area contributed by atoms with Crippen LogP contribution < -0.4 is 5.32 Å². The predicted molar refractivity (Wildman–Crippen MR) is 76.9 cm³/mol. The van der Waals surface area contributed by atoms with Crippen LogP contribution in [0.5, 0.6) is 0 Å². The molecule has 1 amide bonds. The molecule has 1 N–H and O–H groups in total. The van der Waals surface area contributed by atoms with Crippen molar-refractivity contribution in [1.82, 2.24) is 14.6 Å². The van der Waals surface area contributed by atoms with E-state index in [1.165, 1.54) is 6.20 Å². The van der Waals surface area contributed by atoms with Gasteiger partial charge in [0.2, 0.25) is 0 Å². The molecule has 0 aliphatic heterocycles. The predicted octanol–water partition coefficient (Wildman–Crippen LogP) is 2.60. The molecule has 0 radical (unpaired) electrons. The van der Waals surface area contributed by atoms with Crippen molar-refractivity contribution in [2.75, 3.05) is 5.32 Å². The lowest BCUT2D eigenvalue weighted by molar-refractivity contribution is 0.102. The fraction of sp³-hybridized carbons (Fsp3) is 0.133. The highest BCUT2D eigenvalue weighted by Gasteiger charge is 2.14. The largest absolute Gasteiger partial charge is 0.322 e. The number of hydrogen-bond donors (Lipinski definition) is 1. The molecule has 0 fully saturated rings. The minimum absolute atomic E-state index is 0.201. The SMILES string of the molecule is Cc1ccc(C)c(NC(=O)c2cnn3cccnc23)c1. The summed E-state index contributed by atoms with van der Waals surface area (Å²) in [7, 11) is 0. The van der Waals surface area contributed by atoms with Gasteiger partial charge in [0, 0.05) is 18.1 Å². The van der Waals surface area contributed by atoms with Crippen molar-refractivity contribution in [3.05, 3.63) is 59.5 Å². The second-order valence-corrected chi connectivity index (χ2v) is 4.72. The number of nitrogens with zero attached hydrogens (tertiary/aromatic N) is 3. The maximum atomic E-state index is 12.3. The lowest BCUT2D eigenvalue weighted by atomic mass is 10.1. The third kappa shape index (κ3) is 2.14. The number of amides is 1. The summed E-state index contributed by atoms with van der Waals surface area (Å²) in [5.41, 5.74) is 3.95. The number of nitrogens with one attached hydrogen (secondary N) is 1. The van der Waals surface area contributed by atoms with Gasteiger partial charge in [0.15, 0.2) is 5.65 Å². The lowest BCUT2D eigenvalue weighted by Crippen LogP contribution is -2.13. The standard InChI is InChI=1S/C15H14N4O/c1-10-4-5-11(2)13(8-10)18-15(20)12-9-17-19-7-3-6-16-14(12)19/h3-9H,1-2H3,(H,18,20). The highest BCUT2D eigenvalue weighted by molar-refractivity contribution is 6.08. The molecule has 0 saturated carbocycles. The van der Waals surface area contributed by atoms with Crippen molar-refractivity contribution in [2.24, 2.45) is 0 Å². The van der Waals surface area contributed by atoms with Crippen molar-refractivity contribution in [1.29, 1.82) is 0 Å². The summed E-state index contributed by atoms with van der Waals surface area (Å²) in [5, 5.41) is 7.03. The Kier molecular flexibility index (Phi) is 2.95. The average Bonchev–Trinajstić information content (AvgIpc) is 2.87. The van der Waals surface area contributed by atoms with Crippen LogP contribution in [0.15, 0.2) is 42.9 Å². The Labute approximate surface area is 116 Å². The number of anilines is 1. The molecule has 0 atom stereocenters. The number of aryl methyl sites for hydroxylation is 2. The number of aromatic nitrogens is 3. The Morgan fingerprint density at radius 2 is 2.15 bits per heavy atom. The molecule has 2 heterocycles. The van der Waals surface area contributed by atoms with E-state index in [0.29, 0.717) is 11.2 Å². The van der Waals surface area contributed by atoms with Crippen molar-refractivity contribution in [3.63, 3.8) is 0 Å². The lowest BCUT2D eigenvalue weighted by Gasteiger charge is -2.08. The molecule has 0 bridgehead atoms. The number of carbonyl (C=O) groups is 1. The van der Waals surface area contributed by atoms with Gasteiger partial charge in [-0.3, -0.25) is 4.79 Å². The molecular formula is C15H14N4O. The van der Waals surface area contributed by atoms with Crippen molar-refractivity contribution in [3.8, 4) is 0 Å². The first-order chi connectivity index (χ1) is 9.65. The average molecular weight is 266 g/mol. The first-order valence-corrected chi connectivity index (χ1v) is 6.32. The third-order valence-electron chi connectivity index (χ3n) is 3.17. The van der Waals surface area contributed by atoms with Gasteiger partial charge in [-0.1, -0.05) is 12.1 Å². The second-order valence-electron chi connectivity index (χ2n) is 4.72. The van der Waals surface area contributed by atoms with Crippen LogP contribution in [0, 0.1) is 13.8 Å². The Bertz CT molecular complexity index is 791. The molecule has 5 heteroatoms. The summed E-state index contributed by atoms with van der Waals surface area (Å²) in [6, 6.07) is 7.72. The highest BCUT2D eigenvalue weighted by Crippen LogP contribution is 2.18. The minimum Gasteiger partial charge on any atom is -0.322 e. The Hall–Kier alpha value is -2.69. The highest BCUT2D eigenvalue weighted by atomic mass is 16.1. The van der Waals surface area contributed by atoms with E-state index in [-0.39, 0.29) is 5.91 Å². The molecule has 100 valence electrons. The van der Waals surface area contributed by atoms with Crippen molar-refractivity contribution < 1.29 is 4.79 Å². The van der Waals surface area contributed by atoms with Gasteiger partial charge in [-0.05, 0) is 37.1 Å². The molecule has 5 nitrogen and oxygen atoms in total. The molecule has 0 spiro atoms. The molecule has 20 heavy (non-hydrogen) atoms. The Morgan fingerprint density at radius 1 is 1.30 bits per heavy atom. The smallest absolute Gasteiger partial charge is 0.261 e. The normalized spacial score (nSPS) is 10.7. The van der Waals surface area contributed by atoms with Crippen LogP contribution in [0.1, 0.15) is 21.5 Å². The van der Waals surface area contributed by atoms with E-state index in [1.807, 2.05) is 32.0 Å². The number of hydrogen-bond acceptors (Lipinski definition) is 3. The topological polar surface area (TPSA) is 59.3 Å². The van der Waals surface area contributed by atoms with Gasteiger partial charge in [-0.25, -0.2) is 9.50 Å². The Balaban J connectivity index is 1.95. The van der Waals surface area contributed by atoms with Crippen LogP contribution in [-0.2, 0) is 0 Å². The van der Waals surface area contributed by atoms with E-state index in [0.717, 1.165) is 16.8 Å². The van der Waals surface area contributed by atoms with Gasteiger partial charge in [-0.15, -0.1) is 0 Å². The third-order valence-corrected chi connectivity index (χ3v) is 3.17. The van der Waals surface area contributed by atoms with Crippen LogP contribution in [0.3, 0.4) is 0 Å². The number of rotatable bonds is 2. The van der Waals surface area contributed by atoms with Crippen LogP contribution in [0.2, 0.25) is 0 Å². The van der Waals surface area contributed by atoms with Gasteiger partial charge < -0.3 is 5.32 Å². The van der Waals surface area contributed by atoms with E-state index < -0.39 is 0 Å². The summed E-state index contributed by atoms with van der Waals surface area (Å²) in [5.74, 6) is -0.201. The quantitative estimate of drug-likeness (QED) is 0.775. The number of carbonyl (C=O) groups excluding carboxylic acids is 1.